The van der Waals surface area contributed by atoms with E-state index in [1.165, 1.54) is 0 Å². The van der Waals surface area contributed by atoms with Crippen molar-refractivity contribution in [2.45, 2.75) is 44.8 Å². The van der Waals surface area contributed by atoms with E-state index in [2.05, 4.69) is 0 Å². The molecule has 5 heteroatoms. The summed E-state index contributed by atoms with van der Waals surface area (Å²) in [6.07, 6.45) is 1.41. The summed E-state index contributed by atoms with van der Waals surface area (Å²) in [5, 5.41) is 11.9. The second kappa shape index (κ2) is 7.94. The lowest BCUT2D eigenvalue weighted by molar-refractivity contribution is -0.138. The number of hydrogen-bond donors (Lipinski definition) is 1. The molecule has 1 saturated heterocycles. The van der Waals surface area contributed by atoms with E-state index in [1.807, 2.05) is 56.3 Å². The first-order chi connectivity index (χ1) is 14.0. The van der Waals surface area contributed by atoms with Gasteiger partial charge >= 0.3 is 0 Å². The number of hydrogen-bond acceptors (Lipinski definition) is 4. The Morgan fingerprint density at radius 3 is 2.59 bits per heavy atom. The number of ether oxygens (including phenoxy) is 2. The summed E-state index contributed by atoms with van der Waals surface area (Å²) in [5.41, 5.74) is 3.23. The number of carbonyl (C=O) groups excluding carboxylic acids is 1. The highest BCUT2D eigenvalue weighted by Crippen LogP contribution is 2.46. The van der Waals surface area contributed by atoms with Gasteiger partial charge in [-0.2, -0.15) is 0 Å². The normalized spacial score (nSPS) is 23.7. The van der Waals surface area contributed by atoms with E-state index in [-0.39, 0.29) is 18.1 Å². The second-order valence-electron chi connectivity index (χ2n) is 7.60. The molecule has 2 aromatic carbocycles. The van der Waals surface area contributed by atoms with Crippen molar-refractivity contribution < 1.29 is 19.4 Å². The quantitative estimate of drug-likeness (QED) is 0.692. The molecule has 4 rings (SSSR count). The average molecular weight is 413 g/mol. The van der Waals surface area contributed by atoms with Crippen LogP contribution in [-0.2, 0) is 20.7 Å². The minimum Gasteiger partial charge on any atom is -0.508 e. The van der Waals surface area contributed by atoms with Crippen molar-refractivity contribution in [2.75, 3.05) is 13.2 Å². The monoisotopic (exact) mass is 412 g/mol. The van der Waals surface area contributed by atoms with Crippen LogP contribution in [-0.4, -0.2) is 35.8 Å². The van der Waals surface area contributed by atoms with Gasteiger partial charge in [0.1, 0.15) is 17.5 Å². The highest BCUT2D eigenvalue weighted by Gasteiger charge is 2.53. The van der Waals surface area contributed by atoms with Gasteiger partial charge in [0.2, 0.25) is 0 Å². The summed E-state index contributed by atoms with van der Waals surface area (Å²) >= 11 is 6.02. The van der Waals surface area contributed by atoms with Crippen LogP contribution in [0.25, 0.3) is 16.7 Å². The number of carbonyl (C=O) groups is 1. The molecule has 4 nitrogen and oxygen atoms in total. The van der Waals surface area contributed by atoms with Gasteiger partial charge in [-0.15, -0.1) is 0 Å². The Bertz CT molecular complexity index is 963. The first-order valence-corrected chi connectivity index (χ1v) is 10.5. The third-order valence-electron chi connectivity index (χ3n) is 5.86. The predicted octanol–water partition coefficient (Wildman–Crippen LogP) is 5.38. The predicted molar refractivity (Wildman–Crippen MR) is 114 cm³/mol. The zero-order chi connectivity index (χ0) is 20.6. The molecule has 2 aliphatic heterocycles. The summed E-state index contributed by atoms with van der Waals surface area (Å²) in [4.78, 5) is 13.2. The molecule has 2 aliphatic rings. The fourth-order valence-electron chi connectivity index (χ4n) is 4.26. The Morgan fingerprint density at radius 1 is 1.17 bits per heavy atom. The maximum atomic E-state index is 13.2. The van der Waals surface area contributed by atoms with Crippen LogP contribution in [0.5, 0.6) is 0 Å². The smallest absolute Gasteiger partial charge is 0.195 e. The molecule has 2 bridgehead atoms. The van der Waals surface area contributed by atoms with Gasteiger partial charge in [-0.1, -0.05) is 42.8 Å². The number of fused-ring (bicyclic) bond motifs is 2. The maximum Gasteiger partial charge on any atom is 0.195 e. The van der Waals surface area contributed by atoms with E-state index < -0.39 is 11.7 Å². The first-order valence-electron chi connectivity index (χ1n) is 10.1. The summed E-state index contributed by atoms with van der Waals surface area (Å²) < 4.78 is 11.6. The molecule has 29 heavy (non-hydrogen) atoms. The van der Waals surface area contributed by atoms with Crippen molar-refractivity contribution >= 4 is 23.0 Å². The molecule has 1 N–H and O–H groups in total. The van der Waals surface area contributed by atoms with Gasteiger partial charge in [0, 0.05) is 11.6 Å². The topological polar surface area (TPSA) is 55.8 Å². The van der Waals surface area contributed by atoms with Gasteiger partial charge in [0.05, 0.1) is 12.2 Å². The first kappa shape index (κ1) is 20.1. The Hall–Kier alpha value is -2.14. The Balaban J connectivity index is 1.85. The number of rotatable bonds is 6. The van der Waals surface area contributed by atoms with Crippen molar-refractivity contribution in [1.29, 1.82) is 0 Å². The number of benzene rings is 2. The van der Waals surface area contributed by atoms with Gasteiger partial charge in [0.25, 0.3) is 0 Å². The van der Waals surface area contributed by atoms with Gasteiger partial charge in [-0.3, -0.25) is 4.79 Å². The van der Waals surface area contributed by atoms with Crippen molar-refractivity contribution in [1.82, 2.24) is 0 Å². The molecule has 0 radical (unpaired) electrons. The molecule has 2 aromatic rings. The number of Topliss-reactive ketones (excluding diaryl/α,β-unsaturated/α-hetero) is 1. The standard InChI is InChI=1S/C24H25ClO4/c1-3-15-5-6-17(16-7-9-18(25)10-8-16)13-19(15)21-22(26)20-11-12-24(29-20,23(21)27)14-28-4-2/h5-10,13,20,27H,3-4,11-12,14H2,1-2H3/t20-,24+/m1/s1. The highest BCUT2D eigenvalue weighted by atomic mass is 35.5. The lowest BCUT2D eigenvalue weighted by atomic mass is 9.86. The molecule has 1 fully saturated rings. The molecule has 2 atom stereocenters. The van der Waals surface area contributed by atoms with Crippen LogP contribution in [0.2, 0.25) is 5.02 Å². The maximum absolute atomic E-state index is 13.2. The molecule has 152 valence electrons. The summed E-state index contributed by atoms with van der Waals surface area (Å²) in [6.45, 7) is 4.73. The van der Waals surface area contributed by atoms with Gasteiger partial charge in [0.15, 0.2) is 5.78 Å². The van der Waals surface area contributed by atoms with Crippen LogP contribution in [0.15, 0.2) is 48.2 Å². The molecule has 0 amide bonds. The largest absolute Gasteiger partial charge is 0.508 e. The summed E-state index contributed by atoms with van der Waals surface area (Å²) in [6, 6.07) is 13.7. The lowest BCUT2D eigenvalue weighted by Gasteiger charge is -2.34. The molecule has 0 spiro atoms. The number of ketones is 1. The molecule has 0 saturated carbocycles. The summed E-state index contributed by atoms with van der Waals surface area (Å²) in [7, 11) is 0. The zero-order valence-electron chi connectivity index (χ0n) is 16.7. The third-order valence-corrected chi connectivity index (χ3v) is 6.11. The SMILES string of the molecule is CCOC[C@]12CC[C@@H](O1)C(=O)C(c1cc(-c3ccc(Cl)cc3)ccc1CC)=C2O. The van der Waals surface area contributed by atoms with Crippen LogP contribution < -0.4 is 0 Å². The van der Waals surface area contributed by atoms with E-state index in [0.29, 0.717) is 30.0 Å². The lowest BCUT2D eigenvalue weighted by Crippen LogP contribution is -2.43. The van der Waals surface area contributed by atoms with Crippen molar-refractivity contribution in [3.05, 3.63) is 64.4 Å². The fraction of sp³-hybridized carbons (Fsp3) is 0.375. The van der Waals surface area contributed by atoms with Gasteiger partial charge in [-0.25, -0.2) is 0 Å². The fourth-order valence-corrected chi connectivity index (χ4v) is 4.39. The zero-order valence-corrected chi connectivity index (χ0v) is 17.5. The van der Waals surface area contributed by atoms with Crippen LogP contribution >= 0.6 is 11.6 Å². The minimum absolute atomic E-state index is 0.00709. The molecule has 2 heterocycles. The van der Waals surface area contributed by atoms with E-state index in [0.717, 1.165) is 28.7 Å². The van der Waals surface area contributed by atoms with Crippen LogP contribution in [0.4, 0.5) is 0 Å². The number of halogens is 1. The molecule has 0 aromatic heterocycles. The number of aliphatic hydroxyl groups is 1. The van der Waals surface area contributed by atoms with Crippen molar-refractivity contribution in [3.8, 4) is 11.1 Å². The van der Waals surface area contributed by atoms with Gasteiger partial charge < -0.3 is 14.6 Å². The van der Waals surface area contributed by atoms with Crippen LogP contribution in [0.3, 0.4) is 0 Å². The molecular weight excluding hydrogens is 388 g/mol. The van der Waals surface area contributed by atoms with Crippen LogP contribution in [0, 0.1) is 0 Å². The van der Waals surface area contributed by atoms with E-state index in [9.17, 15) is 9.90 Å². The summed E-state index contributed by atoms with van der Waals surface area (Å²) in [5.74, 6) is -0.136. The third kappa shape index (κ3) is 3.50. The van der Waals surface area contributed by atoms with E-state index in [1.54, 1.807) is 0 Å². The Labute approximate surface area is 176 Å². The van der Waals surface area contributed by atoms with Gasteiger partial charge in [-0.05, 0) is 66.6 Å². The van der Waals surface area contributed by atoms with E-state index in [4.69, 9.17) is 21.1 Å². The Morgan fingerprint density at radius 2 is 1.90 bits per heavy atom. The number of aryl methyl sites for hydroxylation is 1. The average Bonchev–Trinajstić information content (AvgIpc) is 3.14. The second-order valence-corrected chi connectivity index (χ2v) is 8.03. The van der Waals surface area contributed by atoms with Crippen molar-refractivity contribution in [3.63, 3.8) is 0 Å². The number of aliphatic hydroxyl groups excluding tert-OH is 1. The molecule has 0 aliphatic carbocycles. The molecular formula is C24H25ClO4. The van der Waals surface area contributed by atoms with E-state index >= 15 is 0 Å². The highest BCUT2D eigenvalue weighted by molar-refractivity contribution is 6.30. The molecule has 0 unspecified atom stereocenters. The van der Waals surface area contributed by atoms with Crippen LogP contribution in [0.1, 0.15) is 37.8 Å². The van der Waals surface area contributed by atoms with Crippen molar-refractivity contribution in [2.24, 2.45) is 0 Å². The minimum atomic E-state index is -0.925. The Kier molecular flexibility index (Phi) is 5.52.